The van der Waals surface area contributed by atoms with Crippen LogP contribution in [0.3, 0.4) is 0 Å². The van der Waals surface area contributed by atoms with Crippen molar-refractivity contribution in [1.29, 1.82) is 0 Å². The summed E-state index contributed by atoms with van der Waals surface area (Å²) in [6, 6.07) is 6.57. The van der Waals surface area contributed by atoms with Crippen LogP contribution >= 0.6 is 0 Å². The third-order valence-electron chi connectivity index (χ3n) is 5.75. The number of aromatic nitrogens is 1. The number of cyclic esters (lactones) is 1. The summed E-state index contributed by atoms with van der Waals surface area (Å²) in [5.74, 6) is -0.853. The minimum Gasteiger partial charge on any atom is -0.412 e. The number of carbonyl (C=O) groups excluding carboxylic acids is 2. The Hall–Kier alpha value is -3.16. The maximum absolute atomic E-state index is 13.4. The predicted molar refractivity (Wildman–Crippen MR) is 111 cm³/mol. The number of nitrogens with zero attached hydrogens (tertiary/aromatic N) is 2. The van der Waals surface area contributed by atoms with Gasteiger partial charge in [-0.1, -0.05) is 0 Å². The zero-order valence-corrected chi connectivity index (χ0v) is 17.0. The maximum Gasteiger partial charge on any atom is 0.596 e. The molecule has 2 heterocycles. The first-order chi connectivity index (χ1) is 15.0. The summed E-state index contributed by atoms with van der Waals surface area (Å²) in [7, 11) is 0. The van der Waals surface area contributed by atoms with E-state index in [1.807, 2.05) is 6.21 Å². The maximum atomic E-state index is 13.4. The average Bonchev–Trinajstić information content (AvgIpc) is 2.76. The highest BCUT2D eigenvalue weighted by molar-refractivity contribution is 5.92. The molecule has 0 atom stereocenters. The first-order valence-corrected chi connectivity index (χ1v) is 10.5. The molecule has 1 aromatic carbocycles. The van der Waals surface area contributed by atoms with Crippen LogP contribution in [0.5, 0.6) is 0 Å². The molecule has 162 valence electrons. The lowest BCUT2D eigenvalue weighted by Crippen LogP contribution is -2.34. The number of rotatable bonds is 4. The zero-order chi connectivity index (χ0) is 21.8. The van der Waals surface area contributed by atoms with E-state index in [4.69, 9.17) is 4.74 Å². The van der Waals surface area contributed by atoms with Crippen molar-refractivity contribution in [2.75, 3.05) is 18.5 Å². The summed E-state index contributed by atoms with van der Waals surface area (Å²) in [6.45, 7) is 1.16. The van der Waals surface area contributed by atoms with Crippen molar-refractivity contribution < 1.29 is 27.7 Å². The molecule has 1 aliphatic heterocycles. The summed E-state index contributed by atoms with van der Waals surface area (Å²) in [5.41, 5.74) is 0.943. The number of halogens is 2. The Morgan fingerprint density at radius 2 is 1.84 bits per heavy atom. The number of anilines is 1. The van der Waals surface area contributed by atoms with Crippen molar-refractivity contribution in [3.8, 4) is 11.1 Å². The highest BCUT2D eigenvalue weighted by Gasteiger charge is 2.30. The monoisotopic (exact) mass is 428 g/mol. The second-order valence-corrected chi connectivity index (χ2v) is 8.00. The minimum atomic E-state index is -0.655. The Kier molecular flexibility index (Phi) is 6.34. The Bertz CT molecular complexity index is 979. The second-order valence-electron chi connectivity index (χ2n) is 8.00. The van der Waals surface area contributed by atoms with Gasteiger partial charge in [-0.3, -0.25) is 4.79 Å². The van der Waals surface area contributed by atoms with E-state index >= 15 is 0 Å². The fourth-order valence-corrected chi connectivity index (χ4v) is 4.08. The molecule has 2 fully saturated rings. The molecule has 2 amide bonds. The van der Waals surface area contributed by atoms with Crippen molar-refractivity contribution in [2.24, 2.45) is 11.8 Å². The van der Waals surface area contributed by atoms with Gasteiger partial charge in [-0.15, -0.1) is 4.58 Å². The number of hydrogen-bond acceptors (Lipinski definition) is 4. The summed E-state index contributed by atoms with van der Waals surface area (Å²) >= 11 is 0. The second kappa shape index (κ2) is 9.32. The molecule has 0 radical (unpaired) electrons. The van der Waals surface area contributed by atoms with Gasteiger partial charge in [0, 0.05) is 36.1 Å². The third kappa shape index (κ3) is 5.31. The van der Waals surface area contributed by atoms with Crippen molar-refractivity contribution >= 4 is 24.0 Å². The molecule has 0 bridgehead atoms. The molecule has 2 aliphatic rings. The lowest BCUT2D eigenvalue weighted by Gasteiger charge is -2.24. The number of ether oxygens (including phenoxy) is 1. The van der Waals surface area contributed by atoms with Crippen LogP contribution in [0.1, 0.15) is 32.1 Å². The van der Waals surface area contributed by atoms with E-state index in [1.165, 1.54) is 18.3 Å². The van der Waals surface area contributed by atoms with Crippen LogP contribution in [-0.2, 0) is 9.53 Å². The summed E-state index contributed by atoms with van der Waals surface area (Å²) < 4.78 is 33.5. The van der Waals surface area contributed by atoms with Gasteiger partial charge in [0.15, 0.2) is 12.8 Å². The van der Waals surface area contributed by atoms with Gasteiger partial charge in [-0.2, -0.15) is 4.79 Å². The first-order valence-electron chi connectivity index (χ1n) is 10.5. The van der Waals surface area contributed by atoms with Gasteiger partial charge in [0.1, 0.15) is 24.1 Å². The smallest absolute Gasteiger partial charge is 0.412 e. The van der Waals surface area contributed by atoms with Crippen LogP contribution in [0.15, 0.2) is 36.5 Å². The van der Waals surface area contributed by atoms with Crippen LogP contribution in [-0.4, -0.2) is 40.9 Å². The molecule has 2 aromatic rings. The quantitative estimate of drug-likeness (QED) is 0.733. The van der Waals surface area contributed by atoms with Crippen LogP contribution in [0.2, 0.25) is 0 Å². The standard InChI is InChI=1S/C23H23F2N3O3/c24-19-10-18(11-20(25)12-19)17-6-7-21(26-13-17)27-22(29)16-4-2-15(3-5-16)14-28-8-1-9-31-23(28)30/h6-7,10-16H,1-5,8-9H2/p+1. The van der Waals surface area contributed by atoms with Gasteiger partial charge < -0.3 is 10.1 Å². The molecule has 0 unspecified atom stereocenters. The molecular weight excluding hydrogens is 404 g/mol. The molecule has 1 N–H and O–H groups in total. The van der Waals surface area contributed by atoms with Gasteiger partial charge in [-0.05, 0) is 55.5 Å². The topological polar surface area (TPSA) is 71.3 Å². The Morgan fingerprint density at radius 1 is 1.10 bits per heavy atom. The molecule has 31 heavy (non-hydrogen) atoms. The lowest BCUT2D eigenvalue weighted by atomic mass is 9.82. The SMILES string of the molecule is O=C(Nc1ccc(-c2cc(F)cc(F)c2)cn1)C1CCC(C=[N+]2CCCOC2=O)CC1. The van der Waals surface area contributed by atoms with E-state index < -0.39 is 11.6 Å². The van der Waals surface area contributed by atoms with Gasteiger partial charge in [0.25, 0.3) is 0 Å². The first kappa shape index (κ1) is 21.1. The molecule has 1 aromatic heterocycles. The van der Waals surface area contributed by atoms with Gasteiger partial charge in [0.05, 0.1) is 0 Å². The minimum absolute atomic E-state index is 0.0899. The number of nitrogens with one attached hydrogen (secondary N) is 1. The highest BCUT2D eigenvalue weighted by Crippen LogP contribution is 2.29. The fraction of sp³-hybridized carbons (Fsp3) is 0.391. The Balaban J connectivity index is 1.32. The van der Waals surface area contributed by atoms with Gasteiger partial charge >= 0.3 is 6.09 Å². The summed E-state index contributed by atoms with van der Waals surface area (Å²) in [6.07, 6.45) is 7.10. The molecule has 1 saturated heterocycles. The van der Waals surface area contributed by atoms with Crippen LogP contribution in [0.4, 0.5) is 19.4 Å². The van der Waals surface area contributed by atoms with E-state index in [1.54, 1.807) is 16.7 Å². The number of hydrogen-bond donors (Lipinski definition) is 1. The van der Waals surface area contributed by atoms with E-state index in [0.29, 0.717) is 30.1 Å². The van der Waals surface area contributed by atoms with Gasteiger partial charge in [-0.25, -0.2) is 13.8 Å². The van der Waals surface area contributed by atoms with Crippen LogP contribution < -0.4 is 5.32 Å². The molecule has 6 nitrogen and oxygen atoms in total. The Labute approximate surface area is 178 Å². The normalized spacial score (nSPS) is 22.8. The molecule has 1 saturated carbocycles. The predicted octanol–water partition coefficient (Wildman–Crippen LogP) is 4.40. The largest absolute Gasteiger partial charge is 0.596 e. The average molecular weight is 428 g/mol. The highest BCUT2D eigenvalue weighted by atomic mass is 19.1. The summed E-state index contributed by atoms with van der Waals surface area (Å²) in [4.78, 5) is 28.6. The van der Waals surface area contributed by atoms with E-state index in [-0.39, 0.29) is 23.8 Å². The molecular formula is C23H24F2N3O3+. The van der Waals surface area contributed by atoms with Gasteiger partial charge in [0.2, 0.25) is 5.91 Å². The summed E-state index contributed by atoms with van der Waals surface area (Å²) in [5, 5.41) is 2.82. The van der Waals surface area contributed by atoms with Crippen molar-refractivity contribution in [3.63, 3.8) is 0 Å². The molecule has 8 heteroatoms. The van der Waals surface area contributed by atoms with E-state index in [0.717, 1.165) is 38.2 Å². The molecule has 4 rings (SSSR count). The van der Waals surface area contributed by atoms with Crippen LogP contribution in [0.25, 0.3) is 11.1 Å². The number of pyridine rings is 1. The number of benzene rings is 1. The molecule has 1 aliphatic carbocycles. The fourth-order valence-electron chi connectivity index (χ4n) is 4.08. The van der Waals surface area contributed by atoms with Crippen molar-refractivity contribution in [2.45, 2.75) is 32.1 Å². The molecule has 0 spiro atoms. The lowest BCUT2D eigenvalue weighted by molar-refractivity contribution is -0.458. The van der Waals surface area contributed by atoms with E-state index in [2.05, 4.69) is 10.3 Å². The van der Waals surface area contributed by atoms with E-state index in [9.17, 15) is 18.4 Å². The van der Waals surface area contributed by atoms with Crippen LogP contribution in [0, 0.1) is 23.5 Å². The van der Waals surface area contributed by atoms with Crippen molar-refractivity contribution in [1.82, 2.24) is 4.98 Å². The third-order valence-corrected chi connectivity index (χ3v) is 5.75. The van der Waals surface area contributed by atoms with Crippen molar-refractivity contribution in [3.05, 3.63) is 48.2 Å². The number of amides is 2. The Morgan fingerprint density at radius 3 is 2.48 bits per heavy atom. The zero-order valence-electron chi connectivity index (χ0n) is 17.0. The number of carbonyl (C=O) groups is 2.